The number of aliphatic hydroxyl groups excluding tert-OH is 1. The highest BCUT2D eigenvalue weighted by molar-refractivity contribution is 5.46. The summed E-state index contributed by atoms with van der Waals surface area (Å²) in [4.78, 5) is 0. The van der Waals surface area contributed by atoms with Crippen molar-refractivity contribution in [2.75, 3.05) is 13.7 Å². The van der Waals surface area contributed by atoms with Gasteiger partial charge in [-0.05, 0) is 24.1 Å². The molecule has 0 amide bonds. The second-order valence-corrected chi connectivity index (χ2v) is 4.94. The molecule has 4 nitrogen and oxygen atoms in total. The summed E-state index contributed by atoms with van der Waals surface area (Å²) in [7, 11) is 1.63. The predicted octanol–water partition coefficient (Wildman–Crippen LogP) is 2.88. The molecule has 22 heavy (non-hydrogen) atoms. The maximum absolute atomic E-state index is 9.61. The van der Waals surface area contributed by atoms with Gasteiger partial charge in [0.15, 0.2) is 0 Å². The molecule has 0 aliphatic carbocycles. The van der Waals surface area contributed by atoms with Crippen molar-refractivity contribution in [3.05, 3.63) is 59.2 Å². The Hall–Kier alpha value is -2.04. The monoisotopic (exact) mass is 301 g/mol. The first-order chi connectivity index (χ1) is 10.8. The van der Waals surface area contributed by atoms with Gasteiger partial charge in [0, 0.05) is 24.7 Å². The molecule has 0 aromatic heterocycles. The third-order valence-corrected chi connectivity index (χ3v) is 3.45. The van der Waals surface area contributed by atoms with Crippen molar-refractivity contribution in [2.45, 2.75) is 26.6 Å². The zero-order chi connectivity index (χ0) is 15.8. The van der Waals surface area contributed by atoms with E-state index in [1.54, 1.807) is 7.11 Å². The predicted molar refractivity (Wildman–Crippen MR) is 87.1 cm³/mol. The summed E-state index contributed by atoms with van der Waals surface area (Å²) in [5.74, 6) is 1.45. The first kappa shape index (κ1) is 16.3. The largest absolute Gasteiger partial charge is 0.496 e. The van der Waals surface area contributed by atoms with Gasteiger partial charge in [-0.1, -0.05) is 30.3 Å². The smallest absolute Gasteiger partial charge is 0.127 e. The summed E-state index contributed by atoms with van der Waals surface area (Å²) in [6.07, 6.45) is 0. The number of nitrogens with one attached hydrogen (secondary N) is 1. The van der Waals surface area contributed by atoms with Gasteiger partial charge in [0.25, 0.3) is 0 Å². The second-order valence-electron chi connectivity index (χ2n) is 4.94. The van der Waals surface area contributed by atoms with E-state index in [0.29, 0.717) is 13.2 Å². The molecule has 0 aliphatic heterocycles. The minimum atomic E-state index is -0.0420. The Balaban J connectivity index is 2.11. The summed E-state index contributed by atoms with van der Waals surface area (Å²) in [5, 5.41) is 13.0. The summed E-state index contributed by atoms with van der Waals surface area (Å²) < 4.78 is 11.0. The van der Waals surface area contributed by atoms with E-state index in [4.69, 9.17) is 9.47 Å². The summed E-state index contributed by atoms with van der Waals surface area (Å²) in [5.41, 5.74) is 3.01. The molecular weight excluding hydrogens is 278 g/mol. The van der Waals surface area contributed by atoms with Crippen LogP contribution in [-0.4, -0.2) is 18.8 Å². The molecule has 2 aromatic carbocycles. The standard InChI is InChI=1S/C18H23NO3/c1-3-22-16-9-15(13-20)17(18(10-16)21-2)12-19-11-14-7-5-4-6-8-14/h4-10,19-20H,3,11-13H2,1-2H3. The number of aliphatic hydroxyl groups is 1. The summed E-state index contributed by atoms with van der Waals surface area (Å²) >= 11 is 0. The third kappa shape index (κ3) is 4.23. The highest BCUT2D eigenvalue weighted by Gasteiger charge is 2.11. The van der Waals surface area contributed by atoms with Gasteiger partial charge in [0.05, 0.1) is 20.3 Å². The van der Waals surface area contributed by atoms with E-state index in [2.05, 4.69) is 17.4 Å². The molecule has 0 unspecified atom stereocenters. The van der Waals surface area contributed by atoms with Gasteiger partial charge >= 0.3 is 0 Å². The molecule has 0 radical (unpaired) electrons. The average Bonchev–Trinajstić information content (AvgIpc) is 2.56. The highest BCUT2D eigenvalue weighted by atomic mass is 16.5. The number of hydrogen-bond donors (Lipinski definition) is 2. The molecule has 0 aliphatic rings. The van der Waals surface area contributed by atoms with Gasteiger partial charge in [-0.25, -0.2) is 0 Å². The van der Waals surface area contributed by atoms with E-state index in [9.17, 15) is 5.11 Å². The van der Waals surface area contributed by atoms with Crippen molar-refractivity contribution < 1.29 is 14.6 Å². The number of benzene rings is 2. The van der Waals surface area contributed by atoms with E-state index in [-0.39, 0.29) is 6.61 Å². The lowest BCUT2D eigenvalue weighted by molar-refractivity contribution is 0.276. The zero-order valence-corrected chi connectivity index (χ0v) is 13.1. The lowest BCUT2D eigenvalue weighted by atomic mass is 10.1. The topological polar surface area (TPSA) is 50.7 Å². The van der Waals surface area contributed by atoms with Crippen molar-refractivity contribution in [1.82, 2.24) is 5.32 Å². The molecule has 2 aromatic rings. The van der Waals surface area contributed by atoms with Gasteiger partial charge < -0.3 is 19.9 Å². The van der Waals surface area contributed by atoms with Crippen LogP contribution in [0, 0.1) is 0 Å². The maximum atomic E-state index is 9.61. The van der Waals surface area contributed by atoms with Crippen LogP contribution in [0.15, 0.2) is 42.5 Å². The van der Waals surface area contributed by atoms with Crippen molar-refractivity contribution in [1.29, 1.82) is 0 Å². The average molecular weight is 301 g/mol. The number of hydrogen-bond acceptors (Lipinski definition) is 4. The van der Waals surface area contributed by atoms with Crippen LogP contribution >= 0.6 is 0 Å². The zero-order valence-electron chi connectivity index (χ0n) is 13.1. The molecule has 2 N–H and O–H groups in total. The lowest BCUT2D eigenvalue weighted by Crippen LogP contribution is -2.15. The molecule has 0 heterocycles. The minimum absolute atomic E-state index is 0.0420. The fourth-order valence-corrected chi connectivity index (χ4v) is 2.38. The van der Waals surface area contributed by atoms with Crippen LogP contribution in [0.4, 0.5) is 0 Å². The third-order valence-electron chi connectivity index (χ3n) is 3.45. The van der Waals surface area contributed by atoms with Crippen molar-refractivity contribution in [3.8, 4) is 11.5 Å². The maximum Gasteiger partial charge on any atom is 0.127 e. The van der Waals surface area contributed by atoms with E-state index >= 15 is 0 Å². The Morgan fingerprint density at radius 1 is 1.09 bits per heavy atom. The van der Waals surface area contributed by atoms with Crippen molar-refractivity contribution >= 4 is 0 Å². The quantitative estimate of drug-likeness (QED) is 0.787. The number of rotatable bonds is 8. The van der Waals surface area contributed by atoms with Crippen LogP contribution < -0.4 is 14.8 Å². The molecule has 0 bridgehead atoms. The van der Waals surface area contributed by atoms with Crippen LogP contribution in [-0.2, 0) is 19.7 Å². The van der Waals surface area contributed by atoms with E-state index in [1.165, 1.54) is 5.56 Å². The molecular formula is C18H23NO3. The van der Waals surface area contributed by atoms with E-state index in [1.807, 2.05) is 37.3 Å². The SMILES string of the molecule is CCOc1cc(CO)c(CNCc2ccccc2)c(OC)c1. The Morgan fingerprint density at radius 2 is 1.86 bits per heavy atom. The van der Waals surface area contributed by atoms with Crippen LogP contribution in [0.5, 0.6) is 11.5 Å². The fourth-order valence-electron chi connectivity index (χ4n) is 2.38. The first-order valence-corrected chi connectivity index (χ1v) is 7.46. The molecule has 0 spiro atoms. The van der Waals surface area contributed by atoms with Crippen molar-refractivity contribution in [2.24, 2.45) is 0 Å². The molecule has 0 saturated heterocycles. The molecule has 0 fully saturated rings. The lowest BCUT2D eigenvalue weighted by Gasteiger charge is -2.16. The molecule has 0 atom stereocenters. The van der Waals surface area contributed by atoms with Gasteiger partial charge in [0.1, 0.15) is 11.5 Å². The summed E-state index contributed by atoms with van der Waals surface area (Å²) in [6, 6.07) is 13.9. The normalized spacial score (nSPS) is 10.5. The Morgan fingerprint density at radius 3 is 2.50 bits per heavy atom. The van der Waals surface area contributed by atoms with Crippen LogP contribution in [0.1, 0.15) is 23.6 Å². The van der Waals surface area contributed by atoms with Crippen LogP contribution in [0.2, 0.25) is 0 Å². The van der Waals surface area contributed by atoms with Gasteiger partial charge in [0.2, 0.25) is 0 Å². The van der Waals surface area contributed by atoms with Crippen molar-refractivity contribution in [3.63, 3.8) is 0 Å². The summed E-state index contributed by atoms with van der Waals surface area (Å²) in [6.45, 7) is 3.86. The Bertz CT molecular complexity index is 559. The minimum Gasteiger partial charge on any atom is -0.496 e. The number of ether oxygens (including phenoxy) is 2. The highest BCUT2D eigenvalue weighted by Crippen LogP contribution is 2.29. The second kappa shape index (κ2) is 8.41. The van der Waals surface area contributed by atoms with Gasteiger partial charge in [-0.15, -0.1) is 0 Å². The Kier molecular flexibility index (Phi) is 6.25. The molecule has 2 rings (SSSR count). The number of methoxy groups -OCH3 is 1. The van der Waals surface area contributed by atoms with E-state index in [0.717, 1.165) is 29.2 Å². The van der Waals surface area contributed by atoms with Gasteiger partial charge in [-0.3, -0.25) is 0 Å². The molecule has 4 heteroatoms. The fraction of sp³-hybridized carbons (Fsp3) is 0.333. The van der Waals surface area contributed by atoms with Crippen LogP contribution in [0.3, 0.4) is 0 Å². The van der Waals surface area contributed by atoms with E-state index < -0.39 is 0 Å². The van der Waals surface area contributed by atoms with Gasteiger partial charge in [-0.2, -0.15) is 0 Å². The molecule has 0 saturated carbocycles. The van der Waals surface area contributed by atoms with Crippen LogP contribution in [0.25, 0.3) is 0 Å². The Labute approximate surface area is 131 Å². The molecule has 118 valence electrons. The first-order valence-electron chi connectivity index (χ1n) is 7.46.